The number of fused-ring (bicyclic) bond motifs is 1. The molecule has 0 saturated carbocycles. The maximum atomic E-state index is 12.6. The van der Waals surface area contributed by atoms with E-state index in [1.807, 2.05) is 0 Å². The highest BCUT2D eigenvalue weighted by molar-refractivity contribution is 9.10. The molecular formula is C14H7BrClF3N2O2. The fraction of sp³-hybridized carbons (Fsp3) is 0.143. The topological polar surface area (TPSA) is 42.4 Å². The molecule has 0 bridgehead atoms. The van der Waals surface area contributed by atoms with Crippen LogP contribution in [0.4, 0.5) is 19.0 Å². The molecule has 9 heteroatoms. The smallest absolute Gasteiger partial charge is 0.370 e. The van der Waals surface area contributed by atoms with Gasteiger partial charge in [-0.1, -0.05) is 27.5 Å². The highest BCUT2D eigenvalue weighted by atomic mass is 79.9. The maximum Gasteiger partial charge on any atom is 0.417 e. The molecular weight excluding hydrogens is 401 g/mol. The zero-order valence-electron chi connectivity index (χ0n) is 11.2. The molecule has 0 fully saturated rings. The SMILES string of the molecule is O=C1Cc2cc(Br)ccc2ON1c1ncc(C(F)(F)F)cc1Cl. The van der Waals surface area contributed by atoms with Gasteiger partial charge in [0.05, 0.1) is 17.0 Å². The molecule has 23 heavy (non-hydrogen) atoms. The Labute approximate surface area is 141 Å². The lowest BCUT2D eigenvalue weighted by Crippen LogP contribution is -2.40. The fourth-order valence-corrected chi connectivity index (χ4v) is 2.71. The van der Waals surface area contributed by atoms with Gasteiger partial charge in [0.1, 0.15) is 0 Å². The van der Waals surface area contributed by atoms with Gasteiger partial charge >= 0.3 is 6.18 Å². The minimum atomic E-state index is -4.57. The summed E-state index contributed by atoms with van der Waals surface area (Å²) in [5, 5.41) is 0.479. The van der Waals surface area contributed by atoms with Crippen molar-refractivity contribution < 1.29 is 22.8 Å². The zero-order valence-corrected chi connectivity index (χ0v) is 13.5. The Morgan fingerprint density at radius 1 is 1.30 bits per heavy atom. The second-order valence-corrected chi connectivity index (χ2v) is 6.06. The molecule has 2 aromatic rings. The first-order valence-electron chi connectivity index (χ1n) is 6.28. The van der Waals surface area contributed by atoms with Crippen LogP contribution in [0.15, 0.2) is 34.9 Å². The quantitative estimate of drug-likeness (QED) is 0.704. The molecule has 0 atom stereocenters. The zero-order chi connectivity index (χ0) is 16.8. The van der Waals surface area contributed by atoms with E-state index in [9.17, 15) is 18.0 Å². The van der Waals surface area contributed by atoms with Crippen LogP contribution in [0.1, 0.15) is 11.1 Å². The van der Waals surface area contributed by atoms with Crippen LogP contribution in [-0.2, 0) is 17.4 Å². The Hall–Kier alpha value is -1.80. The monoisotopic (exact) mass is 406 g/mol. The van der Waals surface area contributed by atoms with Gasteiger partial charge in [-0.3, -0.25) is 4.79 Å². The summed E-state index contributed by atoms with van der Waals surface area (Å²) in [6.45, 7) is 0. The Morgan fingerprint density at radius 3 is 2.70 bits per heavy atom. The normalized spacial score (nSPS) is 14.5. The predicted molar refractivity (Wildman–Crippen MR) is 80.2 cm³/mol. The number of carbonyl (C=O) groups excluding carboxylic acids is 1. The summed E-state index contributed by atoms with van der Waals surface area (Å²) >= 11 is 9.13. The molecule has 1 aromatic carbocycles. The lowest BCUT2D eigenvalue weighted by Gasteiger charge is -2.28. The average Bonchev–Trinajstić information content (AvgIpc) is 2.46. The first kappa shape index (κ1) is 16.1. The third kappa shape index (κ3) is 3.13. The number of anilines is 1. The second-order valence-electron chi connectivity index (χ2n) is 4.74. The van der Waals surface area contributed by atoms with Crippen molar-refractivity contribution in [2.45, 2.75) is 12.6 Å². The van der Waals surface area contributed by atoms with Gasteiger partial charge in [0.2, 0.25) is 0 Å². The third-order valence-corrected chi connectivity index (χ3v) is 3.89. The molecule has 1 amide bonds. The van der Waals surface area contributed by atoms with E-state index in [0.29, 0.717) is 23.6 Å². The maximum absolute atomic E-state index is 12.6. The van der Waals surface area contributed by atoms with Crippen LogP contribution >= 0.6 is 27.5 Å². The number of carbonyl (C=O) groups is 1. The van der Waals surface area contributed by atoms with E-state index in [1.54, 1.807) is 18.2 Å². The molecule has 2 heterocycles. The van der Waals surface area contributed by atoms with Crippen LogP contribution in [0.3, 0.4) is 0 Å². The molecule has 0 N–H and O–H groups in total. The first-order valence-corrected chi connectivity index (χ1v) is 7.45. The van der Waals surface area contributed by atoms with E-state index in [0.717, 1.165) is 9.54 Å². The molecule has 0 radical (unpaired) electrons. The number of hydrogen-bond donors (Lipinski definition) is 0. The van der Waals surface area contributed by atoms with Crippen molar-refractivity contribution in [1.82, 2.24) is 4.98 Å². The number of alkyl halides is 3. The highest BCUT2D eigenvalue weighted by Gasteiger charge is 2.34. The molecule has 1 aromatic heterocycles. The Morgan fingerprint density at radius 2 is 2.04 bits per heavy atom. The van der Waals surface area contributed by atoms with Gasteiger partial charge < -0.3 is 4.84 Å². The number of rotatable bonds is 1. The summed E-state index contributed by atoms with van der Waals surface area (Å²) in [5.74, 6) is -0.256. The summed E-state index contributed by atoms with van der Waals surface area (Å²) in [5.41, 5.74) is -0.344. The Bertz CT molecular complexity index is 798. The van der Waals surface area contributed by atoms with Crippen LogP contribution in [0, 0.1) is 0 Å². The van der Waals surface area contributed by atoms with Gasteiger partial charge in [0.25, 0.3) is 5.91 Å². The number of benzene rings is 1. The van der Waals surface area contributed by atoms with E-state index in [4.69, 9.17) is 16.4 Å². The third-order valence-electron chi connectivity index (χ3n) is 3.12. The lowest BCUT2D eigenvalue weighted by molar-refractivity contribution is -0.137. The Balaban J connectivity index is 1.96. The van der Waals surface area contributed by atoms with Crippen LogP contribution < -0.4 is 9.90 Å². The number of halogens is 5. The summed E-state index contributed by atoms with van der Waals surface area (Å²) in [4.78, 5) is 21.2. The van der Waals surface area contributed by atoms with Crippen LogP contribution in [0.25, 0.3) is 0 Å². The van der Waals surface area contributed by atoms with E-state index in [2.05, 4.69) is 20.9 Å². The fourth-order valence-electron chi connectivity index (χ4n) is 2.06. The average molecular weight is 408 g/mol. The summed E-state index contributed by atoms with van der Waals surface area (Å²) in [6, 6.07) is 5.79. The molecule has 3 rings (SSSR count). The van der Waals surface area contributed by atoms with E-state index < -0.39 is 17.6 Å². The van der Waals surface area contributed by atoms with Crippen molar-refractivity contribution in [3.05, 3.63) is 51.1 Å². The van der Waals surface area contributed by atoms with Gasteiger partial charge in [-0.05, 0) is 24.3 Å². The highest BCUT2D eigenvalue weighted by Crippen LogP contribution is 2.36. The Kier molecular flexibility index (Phi) is 3.97. The van der Waals surface area contributed by atoms with Gasteiger partial charge in [0.15, 0.2) is 11.6 Å². The number of nitrogens with zero attached hydrogens (tertiary/aromatic N) is 2. The van der Waals surface area contributed by atoms with Gasteiger partial charge in [-0.25, -0.2) is 4.98 Å². The van der Waals surface area contributed by atoms with Crippen molar-refractivity contribution in [3.63, 3.8) is 0 Å². The summed E-state index contributed by atoms with van der Waals surface area (Å²) in [6.07, 6.45) is -3.94. The molecule has 120 valence electrons. The van der Waals surface area contributed by atoms with E-state index >= 15 is 0 Å². The number of aromatic nitrogens is 1. The minimum Gasteiger partial charge on any atom is -0.370 e. The van der Waals surface area contributed by atoms with Crippen molar-refractivity contribution in [2.24, 2.45) is 0 Å². The van der Waals surface area contributed by atoms with Gasteiger partial charge in [-0.15, -0.1) is 5.06 Å². The number of hydroxylamine groups is 1. The van der Waals surface area contributed by atoms with Crippen LogP contribution in [-0.4, -0.2) is 10.9 Å². The van der Waals surface area contributed by atoms with Crippen molar-refractivity contribution in [2.75, 3.05) is 5.06 Å². The lowest BCUT2D eigenvalue weighted by atomic mass is 10.1. The molecule has 0 unspecified atom stereocenters. The largest absolute Gasteiger partial charge is 0.417 e. The number of pyridine rings is 1. The molecule has 1 aliphatic rings. The van der Waals surface area contributed by atoms with Crippen LogP contribution in [0.5, 0.6) is 5.75 Å². The first-order chi connectivity index (χ1) is 10.8. The number of hydrogen-bond acceptors (Lipinski definition) is 3. The van der Waals surface area contributed by atoms with Crippen molar-refractivity contribution in [3.8, 4) is 5.75 Å². The molecule has 1 aliphatic heterocycles. The molecule has 0 spiro atoms. The second kappa shape index (κ2) is 5.68. The molecule has 4 nitrogen and oxygen atoms in total. The minimum absolute atomic E-state index is 0.0216. The van der Waals surface area contributed by atoms with Crippen molar-refractivity contribution >= 4 is 39.3 Å². The molecule has 0 saturated heterocycles. The number of amides is 1. The van der Waals surface area contributed by atoms with E-state index in [-0.39, 0.29) is 17.3 Å². The predicted octanol–water partition coefficient (Wildman–Crippen LogP) is 4.40. The van der Waals surface area contributed by atoms with Gasteiger partial charge in [-0.2, -0.15) is 13.2 Å². The van der Waals surface area contributed by atoms with E-state index in [1.165, 1.54) is 0 Å². The van der Waals surface area contributed by atoms with Gasteiger partial charge in [0, 0.05) is 16.2 Å². The molecule has 0 aliphatic carbocycles. The summed E-state index contributed by atoms with van der Waals surface area (Å²) in [7, 11) is 0. The summed E-state index contributed by atoms with van der Waals surface area (Å²) < 4.78 is 38.7. The van der Waals surface area contributed by atoms with Crippen molar-refractivity contribution in [1.29, 1.82) is 0 Å². The standard InChI is InChI=1S/C14H7BrClF3N2O2/c15-9-1-2-11-7(3-9)4-12(22)21(23-11)13-10(16)5-8(6-20-13)14(17,18)19/h1-3,5-6H,4H2. The van der Waals surface area contributed by atoms with Crippen LogP contribution in [0.2, 0.25) is 5.02 Å².